The van der Waals surface area contributed by atoms with E-state index < -0.39 is 0 Å². The van der Waals surface area contributed by atoms with Gasteiger partial charge in [0, 0.05) is 35.4 Å². The van der Waals surface area contributed by atoms with Crippen LogP contribution in [0.1, 0.15) is 18.1 Å². The Morgan fingerprint density at radius 3 is 2.68 bits per heavy atom. The second kappa shape index (κ2) is 7.05. The van der Waals surface area contributed by atoms with E-state index in [0.29, 0.717) is 26.7 Å². The Hall–Kier alpha value is -1.000. The van der Waals surface area contributed by atoms with Crippen LogP contribution in [0.25, 0.3) is 0 Å². The number of halogens is 3. The molecule has 3 rings (SSSR count). The number of nitrogens with one attached hydrogen (secondary N) is 1. The molecule has 6 heteroatoms. The summed E-state index contributed by atoms with van der Waals surface area (Å²) in [6.45, 7) is 1.87. The fourth-order valence-corrected chi connectivity index (χ4v) is 3.30. The van der Waals surface area contributed by atoms with E-state index in [2.05, 4.69) is 10.3 Å². The van der Waals surface area contributed by atoms with Crippen LogP contribution < -0.4 is 10.1 Å². The number of ether oxygens (including phenoxy) is 1. The highest BCUT2D eigenvalue weighted by atomic mass is 35.5. The molecule has 0 bridgehead atoms. The minimum atomic E-state index is -0.153. The van der Waals surface area contributed by atoms with Gasteiger partial charge in [0.1, 0.15) is 11.9 Å². The van der Waals surface area contributed by atoms with Gasteiger partial charge in [-0.2, -0.15) is 0 Å². The lowest BCUT2D eigenvalue weighted by molar-refractivity contribution is 0.144. The van der Waals surface area contributed by atoms with Crippen LogP contribution in [-0.4, -0.2) is 18.1 Å². The Bertz CT molecular complexity index is 660. The minimum absolute atomic E-state index is 0.153. The van der Waals surface area contributed by atoms with E-state index in [9.17, 15) is 0 Å². The summed E-state index contributed by atoms with van der Waals surface area (Å²) in [6, 6.07) is 7.13. The molecule has 2 atom stereocenters. The Balaban J connectivity index is 1.91. The largest absolute Gasteiger partial charge is 0.484 e. The highest BCUT2D eigenvalue weighted by Crippen LogP contribution is 2.36. The molecule has 0 unspecified atom stereocenters. The molecule has 22 heavy (non-hydrogen) atoms. The fourth-order valence-electron chi connectivity index (χ4n) is 2.66. The third kappa shape index (κ3) is 3.66. The van der Waals surface area contributed by atoms with Crippen LogP contribution in [-0.2, 0) is 0 Å². The van der Waals surface area contributed by atoms with Crippen LogP contribution in [0.2, 0.25) is 15.1 Å². The normalized spacial score (nSPS) is 19.1. The maximum atomic E-state index is 6.23. The maximum Gasteiger partial charge on any atom is 0.138 e. The summed E-state index contributed by atoms with van der Waals surface area (Å²) in [4.78, 5) is 4.17. The van der Waals surface area contributed by atoms with Gasteiger partial charge in [-0.05, 0) is 37.2 Å². The van der Waals surface area contributed by atoms with Crippen LogP contribution >= 0.6 is 34.8 Å². The van der Waals surface area contributed by atoms with Gasteiger partial charge in [-0.15, -0.1) is 0 Å². The van der Waals surface area contributed by atoms with E-state index in [0.717, 1.165) is 25.1 Å². The summed E-state index contributed by atoms with van der Waals surface area (Å²) < 4.78 is 6.20. The highest BCUT2D eigenvalue weighted by molar-refractivity contribution is 6.35. The second-order valence-corrected chi connectivity index (χ2v) is 6.58. The Kier molecular flexibility index (Phi) is 5.09. The quantitative estimate of drug-likeness (QED) is 0.855. The third-order valence-corrected chi connectivity index (χ3v) is 4.47. The predicted octanol–water partition coefficient (Wildman–Crippen LogP) is 4.77. The molecule has 1 aliphatic heterocycles. The standard InChI is InChI=1S/C16H15Cl3N2O/c17-12-1-2-15(14(19)6-12)22-16(10-3-4-20-7-10)11-5-13(18)9-21-8-11/h1-2,5-6,8-10,16,20H,3-4,7H2/t10-,16+/m1/s1. The van der Waals surface area contributed by atoms with Crippen molar-refractivity contribution in [2.75, 3.05) is 13.1 Å². The van der Waals surface area contributed by atoms with Gasteiger partial charge in [-0.1, -0.05) is 34.8 Å². The summed E-state index contributed by atoms with van der Waals surface area (Å²) in [5, 5.41) is 5.04. The van der Waals surface area contributed by atoms with Crippen molar-refractivity contribution in [3.05, 3.63) is 57.3 Å². The summed E-state index contributed by atoms with van der Waals surface area (Å²) >= 11 is 18.2. The molecule has 0 amide bonds. The lowest BCUT2D eigenvalue weighted by atomic mass is 9.96. The SMILES string of the molecule is Clc1cncc([C@@H](Oc2ccc(Cl)cc2Cl)[C@@H]2CCNC2)c1. The van der Waals surface area contributed by atoms with Crippen molar-refractivity contribution >= 4 is 34.8 Å². The van der Waals surface area contributed by atoms with E-state index in [4.69, 9.17) is 39.5 Å². The first-order valence-corrected chi connectivity index (χ1v) is 8.20. The van der Waals surface area contributed by atoms with Gasteiger partial charge in [0.2, 0.25) is 0 Å². The Morgan fingerprint density at radius 2 is 2.00 bits per heavy atom. The molecule has 3 nitrogen and oxygen atoms in total. The molecule has 1 N–H and O–H groups in total. The minimum Gasteiger partial charge on any atom is -0.484 e. The molecular weight excluding hydrogens is 343 g/mol. The fraction of sp³-hybridized carbons (Fsp3) is 0.312. The van der Waals surface area contributed by atoms with Crippen LogP contribution in [0.4, 0.5) is 0 Å². The van der Waals surface area contributed by atoms with Crippen molar-refractivity contribution in [1.29, 1.82) is 0 Å². The Morgan fingerprint density at radius 1 is 1.14 bits per heavy atom. The summed E-state index contributed by atoms with van der Waals surface area (Å²) in [7, 11) is 0. The van der Waals surface area contributed by atoms with Gasteiger partial charge in [0.05, 0.1) is 10.0 Å². The van der Waals surface area contributed by atoms with Crippen molar-refractivity contribution < 1.29 is 4.74 Å². The molecule has 0 radical (unpaired) electrons. The number of aromatic nitrogens is 1. The molecule has 1 aromatic heterocycles. The maximum absolute atomic E-state index is 6.23. The van der Waals surface area contributed by atoms with E-state index in [1.807, 2.05) is 6.07 Å². The van der Waals surface area contributed by atoms with Crippen LogP contribution in [0.3, 0.4) is 0 Å². The zero-order chi connectivity index (χ0) is 15.5. The molecular formula is C16H15Cl3N2O. The van der Waals surface area contributed by atoms with Gasteiger partial charge in [-0.25, -0.2) is 0 Å². The van der Waals surface area contributed by atoms with Gasteiger partial charge >= 0.3 is 0 Å². The smallest absolute Gasteiger partial charge is 0.138 e. The molecule has 0 aliphatic carbocycles. The third-order valence-electron chi connectivity index (χ3n) is 3.73. The van der Waals surface area contributed by atoms with Crippen molar-refractivity contribution in [2.24, 2.45) is 5.92 Å². The van der Waals surface area contributed by atoms with Crippen molar-refractivity contribution in [2.45, 2.75) is 12.5 Å². The molecule has 1 saturated heterocycles. The zero-order valence-corrected chi connectivity index (χ0v) is 14.0. The van der Waals surface area contributed by atoms with Crippen molar-refractivity contribution in [1.82, 2.24) is 10.3 Å². The molecule has 2 heterocycles. The van der Waals surface area contributed by atoms with Gasteiger partial charge in [0.25, 0.3) is 0 Å². The average Bonchev–Trinajstić information content (AvgIpc) is 3.00. The average molecular weight is 358 g/mol. The summed E-state index contributed by atoms with van der Waals surface area (Å²) in [5.74, 6) is 0.954. The number of hydrogen-bond acceptors (Lipinski definition) is 3. The van der Waals surface area contributed by atoms with E-state index in [1.54, 1.807) is 30.6 Å². The molecule has 1 aliphatic rings. The second-order valence-electron chi connectivity index (χ2n) is 5.30. The molecule has 1 aromatic carbocycles. The van der Waals surface area contributed by atoms with E-state index in [1.165, 1.54) is 0 Å². The Labute approximate surface area is 144 Å². The van der Waals surface area contributed by atoms with Crippen LogP contribution in [0.15, 0.2) is 36.7 Å². The summed E-state index contributed by atoms with van der Waals surface area (Å²) in [6.07, 6.45) is 4.28. The topological polar surface area (TPSA) is 34.1 Å². The van der Waals surface area contributed by atoms with Crippen LogP contribution in [0, 0.1) is 5.92 Å². The highest BCUT2D eigenvalue weighted by Gasteiger charge is 2.29. The first-order chi connectivity index (χ1) is 10.6. The van der Waals surface area contributed by atoms with Crippen molar-refractivity contribution in [3.63, 3.8) is 0 Å². The number of nitrogens with zero attached hydrogens (tertiary/aromatic N) is 1. The summed E-state index contributed by atoms with van der Waals surface area (Å²) in [5.41, 5.74) is 0.951. The lowest BCUT2D eigenvalue weighted by Crippen LogP contribution is -2.21. The van der Waals surface area contributed by atoms with Crippen molar-refractivity contribution in [3.8, 4) is 5.75 Å². The van der Waals surface area contributed by atoms with Crippen LogP contribution in [0.5, 0.6) is 5.75 Å². The number of benzene rings is 1. The monoisotopic (exact) mass is 356 g/mol. The zero-order valence-electron chi connectivity index (χ0n) is 11.7. The number of rotatable bonds is 4. The molecule has 2 aromatic rings. The molecule has 0 saturated carbocycles. The number of hydrogen-bond donors (Lipinski definition) is 1. The molecule has 1 fully saturated rings. The molecule has 116 valence electrons. The van der Waals surface area contributed by atoms with Gasteiger partial charge in [-0.3, -0.25) is 4.98 Å². The van der Waals surface area contributed by atoms with E-state index >= 15 is 0 Å². The lowest BCUT2D eigenvalue weighted by Gasteiger charge is -2.25. The van der Waals surface area contributed by atoms with Gasteiger partial charge in [0.15, 0.2) is 0 Å². The predicted molar refractivity (Wildman–Crippen MR) is 90.1 cm³/mol. The molecule has 0 spiro atoms. The first-order valence-electron chi connectivity index (χ1n) is 7.06. The number of pyridine rings is 1. The first kappa shape index (κ1) is 15.9. The van der Waals surface area contributed by atoms with Gasteiger partial charge < -0.3 is 10.1 Å². The van der Waals surface area contributed by atoms with E-state index in [-0.39, 0.29) is 6.10 Å².